The summed E-state index contributed by atoms with van der Waals surface area (Å²) in [5.41, 5.74) is -0.696. The third-order valence-corrected chi connectivity index (χ3v) is 4.40. The first-order valence-electron chi connectivity index (χ1n) is 5.51. The van der Waals surface area contributed by atoms with Crippen molar-refractivity contribution in [2.45, 2.75) is 16.1 Å². The fourth-order valence-electron chi connectivity index (χ4n) is 1.44. The number of carbonyl (C=O) groups is 1. The maximum Gasteiger partial charge on any atom is 0.416 e. The van der Waals surface area contributed by atoms with Crippen molar-refractivity contribution in [2.75, 3.05) is 0 Å². The fourth-order valence-corrected chi connectivity index (χ4v) is 2.82. The Kier molecular flexibility index (Phi) is 4.58. The third kappa shape index (κ3) is 3.98. The van der Waals surface area contributed by atoms with Gasteiger partial charge >= 0.3 is 12.1 Å². The summed E-state index contributed by atoms with van der Waals surface area (Å²) in [6, 6.07) is 6.20. The number of pyridine rings is 1. The zero-order valence-corrected chi connectivity index (χ0v) is 12.6. The van der Waals surface area contributed by atoms with Gasteiger partial charge in [0.15, 0.2) is 0 Å². The predicted molar refractivity (Wildman–Crippen MR) is 74.5 cm³/mol. The van der Waals surface area contributed by atoms with Crippen LogP contribution in [0.4, 0.5) is 13.2 Å². The SMILES string of the molecule is O=C(O)c1ccc(Sc2ccc(C(F)(F)F)cc2Br)nc1. The normalized spacial score (nSPS) is 11.4. The first-order chi connectivity index (χ1) is 9.77. The van der Waals surface area contributed by atoms with Gasteiger partial charge in [0.1, 0.15) is 5.03 Å². The van der Waals surface area contributed by atoms with Crippen molar-refractivity contribution in [3.8, 4) is 0 Å². The highest BCUT2D eigenvalue weighted by Gasteiger charge is 2.30. The van der Waals surface area contributed by atoms with E-state index in [2.05, 4.69) is 20.9 Å². The number of halogens is 4. The Labute approximate surface area is 130 Å². The van der Waals surface area contributed by atoms with E-state index in [-0.39, 0.29) is 5.56 Å². The van der Waals surface area contributed by atoms with Crippen molar-refractivity contribution < 1.29 is 23.1 Å². The molecule has 0 unspecified atom stereocenters. The van der Waals surface area contributed by atoms with E-state index >= 15 is 0 Å². The number of carboxylic acid groups (broad SMARTS) is 1. The summed E-state index contributed by atoms with van der Waals surface area (Å²) in [6.45, 7) is 0. The van der Waals surface area contributed by atoms with E-state index in [0.717, 1.165) is 23.9 Å². The summed E-state index contributed by atoms with van der Waals surface area (Å²) in [5, 5.41) is 9.24. The summed E-state index contributed by atoms with van der Waals surface area (Å²) in [7, 11) is 0. The zero-order valence-electron chi connectivity index (χ0n) is 10.2. The highest BCUT2D eigenvalue weighted by atomic mass is 79.9. The number of aromatic nitrogens is 1. The van der Waals surface area contributed by atoms with Crippen molar-refractivity contribution in [3.05, 3.63) is 52.1 Å². The second-order valence-corrected chi connectivity index (χ2v) is 5.85. The molecule has 1 heterocycles. The van der Waals surface area contributed by atoms with E-state index in [1.165, 1.54) is 24.4 Å². The van der Waals surface area contributed by atoms with Gasteiger partial charge in [0.25, 0.3) is 0 Å². The molecule has 0 spiro atoms. The van der Waals surface area contributed by atoms with Crippen LogP contribution >= 0.6 is 27.7 Å². The van der Waals surface area contributed by atoms with Crippen molar-refractivity contribution in [2.24, 2.45) is 0 Å². The van der Waals surface area contributed by atoms with Crippen LogP contribution in [-0.2, 0) is 6.18 Å². The van der Waals surface area contributed by atoms with E-state index in [1.54, 1.807) is 0 Å². The number of hydrogen-bond acceptors (Lipinski definition) is 3. The summed E-state index contributed by atoms with van der Waals surface area (Å²) in [4.78, 5) is 15.2. The molecule has 2 aromatic rings. The molecule has 0 saturated heterocycles. The molecule has 3 nitrogen and oxygen atoms in total. The molecule has 0 aliphatic rings. The molecule has 21 heavy (non-hydrogen) atoms. The standard InChI is InChI=1S/C13H7BrF3NO2S/c14-9-5-8(13(15,16)17)2-3-10(9)21-11-4-1-7(6-18-11)12(19)20/h1-6H,(H,19,20). The summed E-state index contributed by atoms with van der Waals surface area (Å²) in [6.07, 6.45) is -3.20. The van der Waals surface area contributed by atoms with Gasteiger partial charge in [-0.1, -0.05) is 11.8 Å². The van der Waals surface area contributed by atoms with E-state index in [9.17, 15) is 18.0 Å². The molecule has 2 rings (SSSR count). The number of rotatable bonds is 3. The van der Waals surface area contributed by atoms with Gasteiger partial charge < -0.3 is 5.11 Å². The van der Waals surface area contributed by atoms with E-state index < -0.39 is 17.7 Å². The molecular weight excluding hydrogens is 371 g/mol. The maximum atomic E-state index is 12.6. The van der Waals surface area contributed by atoms with Crippen LogP contribution in [0.1, 0.15) is 15.9 Å². The second kappa shape index (κ2) is 6.07. The minimum atomic E-state index is -4.40. The van der Waals surface area contributed by atoms with E-state index in [1.807, 2.05) is 0 Å². The Morgan fingerprint density at radius 3 is 2.43 bits per heavy atom. The first kappa shape index (κ1) is 15.8. The lowest BCUT2D eigenvalue weighted by atomic mass is 10.2. The van der Waals surface area contributed by atoms with Crippen molar-refractivity contribution in [3.63, 3.8) is 0 Å². The molecule has 0 aliphatic carbocycles. The van der Waals surface area contributed by atoms with E-state index in [4.69, 9.17) is 5.11 Å². The highest BCUT2D eigenvalue weighted by Crippen LogP contribution is 2.37. The lowest BCUT2D eigenvalue weighted by molar-refractivity contribution is -0.137. The average Bonchev–Trinajstić information content (AvgIpc) is 2.40. The molecule has 1 N–H and O–H groups in total. The van der Waals surface area contributed by atoms with Crippen LogP contribution in [0.2, 0.25) is 0 Å². The number of aromatic carboxylic acids is 1. The van der Waals surface area contributed by atoms with Crippen LogP contribution in [0.15, 0.2) is 50.9 Å². The molecular formula is C13H7BrF3NO2S. The van der Waals surface area contributed by atoms with Crippen LogP contribution in [-0.4, -0.2) is 16.1 Å². The summed E-state index contributed by atoms with van der Waals surface area (Å²) in [5.74, 6) is -1.09. The molecule has 0 aliphatic heterocycles. The summed E-state index contributed by atoms with van der Waals surface area (Å²) < 4.78 is 38.0. The van der Waals surface area contributed by atoms with Crippen molar-refractivity contribution >= 4 is 33.7 Å². The Balaban J connectivity index is 2.22. The molecule has 8 heteroatoms. The molecule has 0 atom stereocenters. The zero-order chi connectivity index (χ0) is 15.6. The average molecular weight is 378 g/mol. The van der Waals surface area contributed by atoms with Gasteiger partial charge in [-0.3, -0.25) is 0 Å². The molecule has 1 aromatic carbocycles. The highest BCUT2D eigenvalue weighted by molar-refractivity contribution is 9.10. The van der Waals surface area contributed by atoms with Crippen molar-refractivity contribution in [1.82, 2.24) is 4.98 Å². The van der Waals surface area contributed by atoms with Crippen LogP contribution in [0.5, 0.6) is 0 Å². The van der Waals surface area contributed by atoms with Gasteiger partial charge in [0.2, 0.25) is 0 Å². The maximum absolute atomic E-state index is 12.6. The Bertz CT molecular complexity index is 674. The number of carboxylic acids is 1. The Morgan fingerprint density at radius 1 is 1.24 bits per heavy atom. The molecule has 0 bridgehead atoms. The number of alkyl halides is 3. The molecule has 0 amide bonds. The molecule has 110 valence electrons. The first-order valence-corrected chi connectivity index (χ1v) is 7.12. The van der Waals surface area contributed by atoms with E-state index in [0.29, 0.717) is 14.4 Å². The largest absolute Gasteiger partial charge is 0.478 e. The topological polar surface area (TPSA) is 50.2 Å². The number of benzene rings is 1. The molecule has 0 radical (unpaired) electrons. The number of nitrogens with zero attached hydrogens (tertiary/aromatic N) is 1. The second-order valence-electron chi connectivity index (χ2n) is 3.94. The molecule has 0 saturated carbocycles. The van der Waals surface area contributed by atoms with Gasteiger partial charge in [-0.15, -0.1) is 0 Å². The Hall–Kier alpha value is -1.54. The molecule has 1 aromatic heterocycles. The van der Waals surface area contributed by atoms with Gasteiger partial charge in [-0.2, -0.15) is 13.2 Å². The van der Waals surface area contributed by atoms with Gasteiger partial charge in [0.05, 0.1) is 11.1 Å². The minimum absolute atomic E-state index is 0.0471. The van der Waals surface area contributed by atoms with Gasteiger partial charge in [-0.05, 0) is 46.3 Å². The van der Waals surface area contributed by atoms with Crippen LogP contribution in [0.25, 0.3) is 0 Å². The quantitative estimate of drug-likeness (QED) is 0.841. The van der Waals surface area contributed by atoms with Gasteiger partial charge in [0, 0.05) is 15.6 Å². The summed E-state index contributed by atoms with van der Waals surface area (Å²) >= 11 is 4.23. The Morgan fingerprint density at radius 2 is 1.95 bits per heavy atom. The number of hydrogen-bond donors (Lipinski definition) is 1. The predicted octanol–water partition coefficient (Wildman–Crippen LogP) is 4.71. The lowest BCUT2D eigenvalue weighted by Gasteiger charge is -2.09. The monoisotopic (exact) mass is 377 g/mol. The molecule has 0 fully saturated rings. The van der Waals surface area contributed by atoms with Crippen molar-refractivity contribution in [1.29, 1.82) is 0 Å². The van der Waals surface area contributed by atoms with Crippen LogP contribution < -0.4 is 0 Å². The lowest BCUT2D eigenvalue weighted by Crippen LogP contribution is -2.04. The smallest absolute Gasteiger partial charge is 0.416 e. The fraction of sp³-hybridized carbons (Fsp3) is 0.0769. The van der Waals surface area contributed by atoms with Crippen LogP contribution in [0.3, 0.4) is 0 Å². The minimum Gasteiger partial charge on any atom is -0.478 e. The van der Waals surface area contributed by atoms with Gasteiger partial charge in [-0.25, -0.2) is 9.78 Å². The third-order valence-electron chi connectivity index (χ3n) is 2.46. The van der Waals surface area contributed by atoms with Crippen LogP contribution in [0, 0.1) is 0 Å².